The van der Waals surface area contributed by atoms with Crippen LogP contribution in [0.5, 0.6) is 0 Å². The van der Waals surface area contributed by atoms with E-state index in [1.807, 2.05) is 0 Å². The molecule has 0 N–H and O–H groups in total. The average molecular weight is 533 g/mol. The van der Waals surface area contributed by atoms with E-state index in [9.17, 15) is 0 Å². The second-order valence-electron chi connectivity index (χ2n) is 14.7. The van der Waals surface area contributed by atoms with E-state index < -0.39 is 0 Å². The maximum absolute atomic E-state index is 2.67. The van der Waals surface area contributed by atoms with E-state index >= 15 is 0 Å². The van der Waals surface area contributed by atoms with Crippen molar-refractivity contribution in [3.8, 4) is 0 Å². The van der Waals surface area contributed by atoms with E-state index in [2.05, 4.69) is 150 Å². The summed E-state index contributed by atoms with van der Waals surface area (Å²) in [5, 5.41) is 0. The zero-order chi connectivity index (χ0) is 28.5. The molecule has 2 unspecified atom stereocenters. The smallest absolute Gasteiger partial charge is 0.246 e. The second kappa shape index (κ2) is 9.55. The van der Waals surface area contributed by atoms with Gasteiger partial charge in [0.05, 0.1) is 0 Å². The summed E-state index contributed by atoms with van der Waals surface area (Å²) in [7, 11) is 0. The molecule has 0 amide bonds. The first-order valence-corrected chi connectivity index (χ1v) is 15.5. The summed E-state index contributed by atoms with van der Waals surface area (Å²) in [5.74, 6) is 1.07. The maximum atomic E-state index is 2.67. The van der Waals surface area contributed by atoms with Crippen molar-refractivity contribution < 1.29 is 0 Å². The SMILES string of the molecule is CC(C)(C)C1C=CC(B2c3ccccc3N3C4=C(C=CC(C(C)(C)C)C4)B(c4ccccc4)c4cccc2c43)=CC1. The molecule has 0 bridgehead atoms. The molecular weight excluding hydrogens is 492 g/mol. The number of hydrogen-bond acceptors (Lipinski definition) is 1. The Balaban J connectivity index is 1.45. The first-order valence-electron chi connectivity index (χ1n) is 15.5. The predicted molar refractivity (Wildman–Crippen MR) is 180 cm³/mol. The number of anilines is 2. The average Bonchev–Trinajstić information content (AvgIpc) is 2.96. The van der Waals surface area contributed by atoms with Crippen molar-refractivity contribution in [1.29, 1.82) is 0 Å². The lowest BCUT2D eigenvalue weighted by Gasteiger charge is -2.47. The molecule has 2 atom stereocenters. The summed E-state index contributed by atoms with van der Waals surface area (Å²) in [6.45, 7) is 14.7. The molecule has 3 aromatic carbocycles. The van der Waals surface area contributed by atoms with E-state index in [0.29, 0.717) is 11.8 Å². The van der Waals surface area contributed by atoms with Gasteiger partial charge in [0, 0.05) is 17.1 Å². The fraction of sp³-hybridized carbons (Fsp3) is 0.316. The Morgan fingerprint density at radius 2 is 1.29 bits per heavy atom. The van der Waals surface area contributed by atoms with Gasteiger partial charge in [-0.15, -0.1) is 0 Å². The number of para-hydroxylation sites is 2. The van der Waals surface area contributed by atoms with Crippen LogP contribution in [0, 0.1) is 22.7 Å². The molecule has 41 heavy (non-hydrogen) atoms. The Hall–Kier alpha value is -3.45. The van der Waals surface area contributed by atoms with Crippen molar-refractivity contribution in [2.24, 2.45) is 22.7 Å². The molecule has 0 fully saturated rings. The quantitative estimate of drug-likeness (QED) is 0.325. The molecule has 0 spiro atoms. The summed E-state index contributed by atoms with van der Waals surface area (Å²) < 4.78 is 0. The standard InChI is InChI=1S/C38H41B2N/c1-37(2,3)26-19-22-29(23-20-26)40-30-15-10-11-18-34(30)41-35-25-27(38(4,5)6)21-24-31(35)39(28-13-8-7-9-14-28)32-16-12-17-33(40)36(32)41/h7-19,21-24,26-27H,20,25H2,1-6H3. The molecule has 2 aliphatic carbocycles. The van der Waals surface area contributed by atoms with Gasteiger partial charge in [0.1, 0.15) is 0 Å². The van der Waals surface area contributed by atoms with Gasteiger partial charge in [-0.1, -0.05) is 150 Å². The van der Waals surface area contributed by atoms with Crippen LogP contribution in [0.1, 0.15) is 54.4 Å². The molecule has 7 rings (SSSR count). The van der Waals surface area contributed by atoms with Crippen molar-refractivity contribution >= 4 is 46.7 Å². The molecule has 0 aromatic heterocycles. The van der Waals surface area contributed by atoms with Crippen LogP contribution in [0.4, 0.5) is 11.4 Å². The molecule has 1 nitrogen and oxygen atoms in total. The Labute approximate surface area is 247 Å². The minimum Gasteiger partial charge on any atom is -0.316 e. The van der Waals surface area contributed by atoms with E-state index in [1.165, 1.54) is 49.9 Å². The molecule has 2 heterocycles. The Morgan fingerprint density at radius 3 is 1.98 bits per heavy atom. The van der Waals surface area contributed by atoms with Gasteiger partial charge in [-0.3, -0.25) is 0 Å². The highest BCUT2D eigenvalue weighted by molar-refractivity contribution is 6.97. The van der Waals surface area contributed by atoms with Crippen LogP contribution >= 0.6 is 0 Å². The highest BCUT2D eigenvalue weighted by atomic mass is 15.2. The van der Waals surface area contributed by atoms with Gasteiger partial charge < -0.3 is 4.90 Å². The third kappa shape index (κ3) is 4.32. The lowest BCUT2D eigenvalue weighted by Crippen LogP contribution is -2.60. The summed E-state index contributed by atoms with van der Waals surface area (Å²) in [4.78, 5) is 2.67. The monoisotopic (exact) mass is 533 g/mol. The van der Waals surface area contributed by atoms with Gasteiger partial charge >= 0.3 is 0 Å². The van der Waals surface area contributed by atoms with Gasteiger partial charge in [0.2, 0.25) is 13.4 Å². The molecule has 4 aliphatic rings. The number of fused-ring (bicyclic) bond motifs is 3. The number of benzene rings is 3. The van der Waals surface area contributed by atoms with Crippen LogP contribution in [0.15, 0.2) is 120 Å². The van der Waals surface area contributed by atoms with Gasteiger partial charge in [0.15, 0.2) is 0 Å². The topological polar surface area (TPSA) is 3.24 Å². The number of allylic oxidation sites excluding steroid dienone is 8. The van der Waals surface area contributed by atoms with Gasteiger partial charge in [-0.2, -0.15) is 0 Å². The molecule has 0 saturated carbocycles. The number of hydrogen-bond donors (Lipinski definition) is 0. The highest BCUT2D eigenvalue weighted by Gasteiger charge is 2.45. The lowest BCUT2D eigenvalue weighted by atomic mass is 9.29. The van der Waals surface area contributed by atoms with Crippen LogP contribution in [0.3, 0.4) is 0 Å². The first kappa shape index (κ1) is 26.4. The summed E-state index contributed by atoms with van der Waals surface area (Å²) in [6.07, 6.45) is 14.6. The molecule has 0 saturated heterocycles. The van der Waals surface area contributed by atoms with Crippen LogP contribution in [-0.4, -0.2) is 13.4 Å². The molecule has 0 radical (unpaired) electrons. The van der Waals surface area contributed by atoms with E-state index in [1.54, 1.807) is 0 Å². The fourth-order valence-corrected chi connectivity index (χ4v) is 7.62. The fourth-order valence-electron chi connectivity index (χ4n) is 7.62. The zero-order valence-electron chi connectivity index (χ0n) is 25.5. The minimum atomic E-state index is 0.205. The third-order valence-corrected chi connectivity index (χ3v) is 10.1. The van der Waals surface area contributed by atoms with E-state index in [4.69, 9.17) is 0 Å². The normalized spacial score (nSPS) is 21.4. The lowest BCUT2D eigenvalue weighted by molar-refractivity contribution is 0.288. The van der Waals surface area contributed by atoms with E-state index in [0.717, 1.165) is 12.8 Å². The maximum Gasteiger partial charge on any atom is 0.246 e. The van der Waals surface area contributed by atoms with Crippen molar-refractivity contribution in [3.05, 3.63) is 120 Å². The molecule has 3 aromatic rings. The first-order chi connectivity index (χ1) is 19.6. The Kier molecular flexibility index (Phi) is 6.16. The second-order valence-corrected chi connectivity index (χ2v) is 14.7. The van der Waals surface area contributed by atoms with Crippen LogP contribution < -0.4 is 26.8 Å². The van der Waals surface area contributed by atoms with Crippen molar-refractivity contribution in [2.75, 3.05) is 4.90 Å². The zero-order valence-corrected chi connectivity index (χ0v) is 25.5. The van der Waals surface area contributed by atoms with Crippen LogP contribution in [0.25, 0.3) is 0 Å². The molecule has 204 valence electrons. The van der Waals surface area contributed by atoms with Crippen molar-refractivity contribution in [1.82, 2.24) is 0 Å². The molecule has 3 heteroatoms. The van der Waals surface area contributed by atoms with E-state index in [-0.39, 0.29) is 24.3 Å². The number of rotatable bonds is 2. The minimum absolute atomic E-state index is 0.205. The number of nitrogens with zero attached hydrogens (tertiary/aromatic N) is 1. The highest BCUT2D eigenvalue weighted by Crippen LogP contribution is 2.45. The Morgan fingerprint density at radius 1 is 0.659 bits per heavy atom. The van der Waals surface area contributed by atoms with Crippen LogP contribution in [-0.2, 0) is 0 Å². The summed E-state index contributed by atoms with van der Waals surface area (Å²) >= 11 is 0. The van der Waals surface area contributed by atoms with Gasteiger partial charge in [0.25, 0.3) is 0 Å². The van der Waals surface area contributed by atoms with Gasteiger partial charge in [-0.25, -0.2) is 0 Å². The molecule has 2 aliphatic heterocycles. The third-order valence-electron chi connectivity index (χ3n) is 10.1. The molecular formula is C38H41B2N. The van der Waals surface area contributed by atoms with Gasteiger partial charge in [-0.05, 0) is 63.4 Å². The predicted octanol–water partition coefficient (Wildman–Crippen LogP) is 6.87. The van der Waals surface area contributed by atoms with Crippen LogP contribution in [0.2, 0.25) is 0 Å². The summed E-state index contributed by atoms with van der Waals surface area (Å²) in [6, 6.07) is 27.5. The van der Waals surface area contributed by atoms with Crippen molar-refractivity contribution in [3.63, 3.8) is 0 Å². The Bertz CT molecular complexity index is 1630. The largest absolute Gasteiger partial charge is 0.316 e. The summed E-state index contributed by atoms with van der Waals surface area (Å²) in [5.41, 5.74) is 13.3. The van der Waals surface area contributed by atoms with Crippen molar-refractivity contribution in [2.45, 2.75) is 54.4 Å².